The van der Waals surface area contributed by atoms with E-state index in [2.05, 4.69) is 11.8 Å². The summed E-state index contributed by atoms with van der Waals surface area (Å²) >= 11 is 0. The number of halogens is 2. The third-order valence-electron chi connectivity index (χ3n) is 6.02. The van der Waals surface area contributed by atoms with Gasteiger partial charge in [0, 0.05) is 22.6 Å². The van der Waals surface area contributed by atoms with Crippen LogP contribution in [0.1, 0.15) is 34.8 Å². The van der Waals surface area contributed by atoms with E-state index in [0.717, 1.165) is 48.2 Å². The van der Waals surface area contributed by atoms with Crippen molar-refractivity contribution in [3.8, 4) is 11.5 Å². The van der Waals surface area contributed by atoms with Gasteiger partial charge in [0.25, 0.3) is 0 Å². The zero-order chi connectivity index (χ0) is 22.0. The molecule has 0 aliphatic carbocycles. The van der Waals surface area contributed by atoms with Crippen LogP contribution in [0, 0.1) is 5.82 Å². The number of amides is 1. The normalized spacial score (nSPS) is 15.2. The predicted molar refractivity (Wildman–Crippen MR) is 123 cm³/mol. The highest BCUT2D eigenvalue weighted by Crippen LogP contribution is 2.33. The number of carbonyl (C=O) groups excluding carboxylic acids is 1. The highest BCUT2D eigenvalue weighted by molar-refractivity contribution is 5.95. The molecule has 1 unspecified atom stereocenters. The maximum absolute atomic E-state index is 14.2. The molecule has 172 valence electrons. The summed E-state index contributed by atoms with van der Waals surface area (Å²) in [6, 6.07) is 8.62. The Labute approximate surface area is 192 Å². The third-order valence-corrected chi connectivity index (χ3v) is 6.02. The number of hydrogen-bond donors (Lipinski definition) is 1. The van der Waals surface area contributed by atoms with Crippen LogP contribution in [-0.4, -0.2) is 43.7 Å². The summed E-state index contributed by atoms with van der Waals surface area (Å²) in [5, 5.41) is 1.07. The number of fused-ring (bicyclic) bond motifs is 2. The van der Waals surface area contributed by atoms with Crippen LogP contribution in [0.25, 0.3) is 11.0 Å². The highest BCUT2D eigenvalue weighted by Gasteiger charge is 2.29. The minimum absolute atomic E-state index is 0. The van der Waals surface area contributed by atoms with Gasteiger partial charge in [0.2, 0.25) is 5.91 Å². The average molecular weight is 463 g/mol. The minimum Gasteiger partial charge on any atom is -0.493 e. The van der Waals surface area contributed by atoms with Gasteiger partial charge >= 0.3 is 0 Å². The molecule has 1 aliphatic heterocycles. The number of rotatable bonds is 8. The van der Waals surface area contributed by atoms with Gasteiger partial charge in [0.15, 0.2) is 22.9 Å². The molecule has 0 saturated carbocycles. The Hall–Kier alpha value is -2.77. The molecule has 1 amide bonds. The Morgan fingerprint density at radius 2 is 2.12 bits per heavy atom. The minimum atomic E-state index is -0.564. The van der Waals surface area contributed by atoms with Crippen molar-refractivity contribution < 1.29 is 23.1 Å². The van der Waals surface area contributed by atoms with Crippen LogP contribution in [0.5, 0.6) is 11.5 Å². The van der Waals surface area contributed by atoms with Crippen molar-refractivity contribution in [1.82, 2.24) is 4.90 Å². The maximum Gasteiger partial charge on any atom is 0.249 e. The van der Waals surface area contributed by atoms with Crippen molar-refractivity contribution in [3.05, 3.63) is 59.1 Å². The second-order valence-corrected chi connectivity index (χ2v) is 7.77. The first-order chi connectivity index (χ1) is 15.0. The molecular weight excluding hydrogens is 435 g/mol. The Bertz CT molecular complexity index is 1100. The fourth-order valence-electron chi connectivity index (χ4n) is 4.41. The molecule has 0 fully saturated rings. The summed E-state index contributed by atoms with van der Waals surface area (Å²) in [5.74, 6) is -0.133. The molecule has 0 bridgehead atoms. The smallest absolute Gasteiger partial charge is 0.249 e. The number of nitrogens with zero attached hydrogens (tertiary/aromatic N) is 1. The van der Waals surface area contributed by atoms with Crippen LogP contribution in [0.15, 0.2) is 41.0 Å². The van der Waals surface area contributed by atoms with Crippen LogP contribution in [0.2, 0.25) is 0 Å². The lowest BCUT2D eigenvalue weighted by Crippen LogP contribution is -2.44. The Balaban J connectivity index is 0.00000289. The van der Waals surface area contributed by atoms with Crippen molar-refractivity contribution in [3.63, 3.8) is 0 Å². The molecule has 3 aromatic rings. The molecule has 6 nitrogen and oxygen atoms in total. The standard InChI is InChI=1S/C24H27FN2O4.ClH/c1-3-27(11-5-6-15-13-30-23-17(15)7-4-8-21(23)29-2)16-12-19-18(24(26)28)9-10-20(25)22(19)31-14-16;/h4,7-10,13,16H,3,5-6,11-12,14H2,1-2H3,(H2,26,28);1H. The lowest BCUT2D eigenvalue weighted by molar-refractivity contribution is 0.0987. The molecule has 2 aromatic carbocycles. The number of hydrogen-bond acceptors (Lipinski definition) is 5. The van der Waals surface area contributed by atoms with Gasteiger partial charge < -0.3 is 19.6 Å². The molecule has 0 radical (unpaired) electrons. The van der Waals surface area contributed by atoms with Crippen LogP contribution in [0.4, 0.5) is 4.39 Å². The van der Waals surface area contributed by atoms with E-state index in [1.807, 2.05) is 18.2 Å². The molecule has 1 aliphatic rings. The van der Waals surface area contributed by atoms with E-state index in [4.69, 9.17) is 19.6 Å². The van der Waals surface area contributed by atoms with Gasteiger partial charge in [-0.05, 0) is 56.1 Å². The second kappa shape index (κ2) is 10.2. The number of ether oxygens (including phenoxy) is 2. The topological polar surface area (TPSA) is 77.9 Å². The van der Waals surface area contributed by atoms with Crippen LogP contribution in [0.3, 0.4) is 0 Å². The zero-order valence-electron chi connectivity index (χ0n) is 18.2. The Morgan fingerprint density at radius 1 is 1.31 bits per heavy atom. The number of benzene rings is 2. The van der Waals surface area contributed by atoms with E-state index in [1.54, 1.807) is 13.4 Å². The number of para-hydroxylation sites is 1. The largest absolute Gasteiger partial charge is 0.493 e. The number of aryl methyl sites for hydroxylation is 1. The van der Waals surface area contributed by atoms with E-state index < -0.39 is 11.7 Å². The van der Waals surface area contributed by atoms with Crippen molar-refractivity contribution in [2.75, 3.05) is 26.8 Å². The highest BCUT2D eigenvalue weighted by atomic mass is 35.5. The molecule has 1 aromatic heterocycles. The van der Waals surface area contributed by atoms with Crippen LogP contribution in [-0.2, 0) is 12.8 Å². The lowest BCUT2D eigenvalue weighted by Gasteiger charge is -2.35. The monoisotopic (exact) mass is 462 g/mol. The summed E-state index contributed by atoms with van der Waals surface area (Å²) in [4.78, 5) is 14.1. The summed E-state index contributed by atoms with van der Waals surface area (Å²) in [7, 11) is 1.63. The number of nitrogens with two attached hydrogens (primary N) is 1. The zero-order valence-corrected chi connectivity index (χ0v) is 19.0. The SMILES string of the molecule is CCN(CCCc1coc2c(OC)cccc12)C1COc2c(F)ccc(C(N)=O)c2C1.Cl. The number of furan rings is 1. The van der Waals surface area contributed by atoms with E-state index in [0.29, 0.717) is 24.2 Å². The van der Waals surface area contributed by atoms with Crippen molar-refractivity contribution in [2.45, 2.75) is 32.2 Å². The molecule has 2 heterocycles. The van der Waals surface area contributed by atoms with Crippen LogP contribution >= 0.6 is 12.4 Å². The summed E-state index contributed by atoms with van der Waals surface area (Å²) < 4.78 is 31.0. The van der Waals surface area contributed by atoms with Gasteiger partial charge in [0.05, 0.1) is 13.4 Å². The van der Waals surface area contributed by atoms with E-state index in [1.165, 1.54) is 12.1 Å². The molecular formula is C24H28ClFN2O4. The molecule has 32 heavy (non-hydrogen) atoms. The quantitative estimate of drug-likeness (QED) is 0.538. The fourth-order valence-corrected chi connectivity index (χ4v) is 4.41. The average Bonchev–Trinajstić information content (AvgIpc) is 3.19. The molecule has 0 saturated heterocycles. The molecule has 1 atom stereocenters. The van der Waals surface area contributed by atoms with Gasteiger partial charge in [-0.15, -0.1) is 12.4 Å². The van der Waals surface area contributed by atoms with Crippen molar-refractivity contribution >= 4 is 29.3 Å². The first-order valence-corrected chi connectivity index (χ1v) is 10.5. The third kappa shape index (κ3) is 4.54. The van der Waals surface area contributed by atoms with Crippen LogP contribution < -0.4 is 15.2 Å². The molecule has 4 rings (SSSR count). The van der Waals surface area contributed by atoms with Gasteiger partial charge in [-0.1, -0.05) is 19.1 Å². The van der Waals surface area contributed by atoms with Gasteiger partial charge in [-0.25, -0.2) is 4.39 Å². The van der Waals surface area contributed by atoms with Crippen molar-refractivity contribution in [2.24, 2.45) is 5.73 Å². The van der Waals surface area contributed by atoms with Crippen molar-refractivity contribution in [1.29, 1.82) is 0 Å². The summed E-state index contributed by atoms with van der Waals surface area (Å²) in [6.07, 6.45) is 4.12. The number of likely N-dealkylation sites (N-methyl/N-ethyl adjacent to an activating group) is 1. The Kier molecular flexibility index (Phi) is 7.64. The number of carbonyl (C=O) groups is 1. The molecule has 2 N–H and O–H groups in total. The first-order valence-electron chi connectivity index (χ1n) is 10.5. The van der Waals surface area contributed by atoms with E-state index >= 15 is 0 Å². The fraction of sp³-hybridized carbons (Fsp3) is 0.375. The van der Waals surface area contributed by atoms with Gasteiger partial charge in [-0.3, -0.25) is 9.69 Å². The summed E-state index contributed by atoms with van der Waals surface area (Å²) in [6.45, 7) is 4.14. The molecule has 0 spiro atoms. The van der Waals surface area contributed by atoms with Gasteiger partial charge in [0.1, 0.15) is 6.61 Å². The second-order valence-electron chi connectivity index (χ2n) is 7.77. The van der Waals surface area contributed by atoms with E-state index in [-0.39, 0.29) is 24.2 Å². The Morgan fingerprint density at radius 3 is 2.84 bits per heavy atom. The lowest BCUT2D eigenvalue weighted by atomic mass is 9.95. The first kappa shape index (κ1) is 23.9. The number of primary amides is 1. The van der Waals surface area contributed by atoms with Gasteiger partial charge in [-0.2, -0.15) is 0 Å². The predicted octanol–water partition coefficient (Wildman–Crippen LogP) is 4.36. The number of methoxy groups -OCH3 is 1. The molecule has 8 heteroatoms. The van der Waals surface area contributed by atoms with E-state index in [9.17, 15) is 9.18 Å². The maximum atomic E-state index is 14.2. The summed E-state index contributed by atoms with van der Waals surface area (Å²) in [5.41, 5.74) is 8.30.